The third-order valence-electron chi connectivity index (χ3n) is 3.75. The maximum absolute atomic E-state index is 2.56. The van der Waals surface area contributed by atoms with E-state index in [0.29, 0.717) is 0 Å². The van der Waals surface area contributed by atoms with Crippen LogP contribution in [0.4, 0.5) is 0 Å². The van der Waals surface area contributed by atoms with Crippen molar-refractivity contribution in [3.8, 4) is 0 Å². The first-order valence-electron chi connectivity index (χ1n) is 8.02. The second-order valence-electron chi connectivity index (χ2n) is 5.35. The standard InChI is InChI=1S/C21H22NS.HI/c1-2-22(18-19-12-6-3-7-13-19)23(20-14-8-4-9-15-20)21-16-10-5-11-17-21;/h3-17H,2,18H2,1H3;1H/q+1;/p-1. The largest absolute Gasteiger partial charge is 1.00 e. The van der Waals surface area contributed by atoms with Crippen molar-refractivity contribution in [3.63, 3.8) is 0 Å². The molecule has 0 N–H and O–H groups in total. The molecule has 0 radical (unpaired) electrons. The van der Waals surface area contributed by atoms with E-state index < -0.39 is 0 Å². The van der Waals surface area contributed by atoms with Crippen molar-refractivity contribution in [3.05, 3.63) is 96.6 Å². The average Bonchev–Trinajstić information content (AvgIpc) is 2.64. The van der Waals surface area contributed by atoms with Crippen molar-refractivity contribution >= 4 is 11.1 Å². The Balaban J connectivity index is 0.00000208. The fourth-order valence-electron chi connectivity index (χ4n) is 2.63. The van der Waals surface area contributed by atoms with E-state index in [1.165, 1.54) is 15.4 Å². The van der Waals surface area contributed by atoms with Gasteiger partial charge in [0.2, 0.25) is 0 Å². The fraction of sp³-hybridized carbons (Fsp3) is 0.143. The molecule has 3 heteroatoms. The zero-order valence-electron chi connectivity index (χ0n) is 13.8. The monoisotopic (exact) mass is 447 g/mol. The van der Waals surface area contributed by atoms with Crippen molar-refractivity contribution in [2.45, 2.75) is 23.3 Å². The van der Waals surface area contributed by atoms with Crippen LogP contribution >= 0.6 is 0 Å². The lowest BCUT2D eigenvalue weighted by Crippen LogP contribution is -3.00. The summed E-state index contributed by atoms with van der Waals surface area (Å²) >= 11 is -0.0562. The molecular formula is C21H22INS. The van der Waals surface area contributed by atoms with E-state index in [-0.39, 0.29) is 35.1 Å². The van der Waals surface area contributed by atoms with Gasteiger partial charge in [-0.1, -0.05) is 66.7 Å². The fourth-order valence-corrected chi connectivity index (χ4v) is 4.86. The number of halogens is 1. The third kappa shape index (κ3) is 4.85. The van der Waals surface area contributed by atoms with Crippen LogP contribution in [0.25, 0.3) is 0 Å². The maximum Gasteiger partial charge on any atom is 0.182 e. The molecule has 0 aromatic heterocycles. The summed E-state index contributed by atoms with van der Waals surface area (Å²) in [7, 11) is 0. The summed E-state index contributed by atoms with van der Waals surface area (Å²) in [6.45, 7) is 4.22. The van der Waals surface area contributed by atoms with Gasteiger partial charge in [-0.05, 0) is 36.8 Å². The lowest BCUT2D eigenvalue weighted by Gasteiger charge is -2.20. The lowest BCUT2D eigenvalue weighted by molar-refractivity contribution is -0.00000466. The molecule has 0 saturated heterocycles. The summed E-state index contributed by atoms with van der Waals surface area (Å²) < 4.78 is 2.56. The minimum absolute atomic E-state index is 0. The molecule has 0 amide bonds. The number of hydrogen-bond acceptors (Lipinski definition) is 1. The van der Waals surface area contributed by atoms with E-state index in [1.807, 2.05) is 0 Å². The molecule has 3 rings (SSSR count). The van der Waals surface area contributed by atoms with Gasteiger partial charge in [-0.3, -0.25) is 0 Å². The van der Waals surface area contributed by atoms with Crippen molar-refractivity contribution in [1.29, 1.82) is 0 Å². The summed E-state index contributed by atoms with van der Waals surface area (Å²) in [5.74, 6) is 0. The lowest BCUT2D eigenvalue weighted by atomic mass is 10.2. The zero-order chi connectivity index (χ0) is 15.9. The van der Waals surface area contributed by atoms with Gasteiger partial charge in [0.15, 0.2) is 20.9 Å². The molecule has 0 aliphatic carbocycles. The molecule has 0 aliphatic rings. The van der Waals surface area contributed by atoms with Gasteiger partial charge >= 0.3 is 0 Å². The second-order valence-corrected chi connectivity index (χ2v) is 7.38. The first-order valence-corrected chi connectivity index (χ1v) is 9.20. The van der Waals surface area contributed by atoms with Crippen LogP contribution in [0.5, 0.6) is 0 Å². The van der Waals surface area contributed by atoms with E-state index in [9.17, 15) is 0 Å². The summed E-state index contributed by atoms with van der Waals surface area (Å²) in [6.07, 6.45) is 0. The van der Waals surface area contributed by atoms with E-state index in [0.717, 1.165) is 13.1 Å². The first kappa shape index (κ1) is 19.0. The Morgan fingerprint density at radius 2 is 1.08 bits per heavy atom. The normalized spacial score (nSPS) is 10.6. The van der Waals surface area contributed by atoms with Crippen molar-refractivity contribution in [2.24, 2.45) is 0 Å². The summed E-state index contributed by atoms with van der Waals surface area (Å²) in [4.78, 5) is 2.74. The molecule has 124 valence electrons. The Hall–Kier alpha value is -1.30. The highest BCUT2D eigenvalue weighted by Gasteiger charge is 2.32. The quantitative estimate of drug-likeness (QED) is 0.414. The van der Waals surface area contributed by atoms with Gasteiger partial charge in [0.05, 0.1) is 6.54 Å². The molecule has 3 aromatic rings. The highest BCUT2D eigenvalue weighted by molar-refractivity contribution is 7.94. The SMILES string of the molecule is CCN(Cc1ccccc1)[S+](c1ccccc1)c1ccccc1.[I-]. The molecular weight excluding hydrogens is 425 g/mol. The van der Waals surface area contributed by atoms with Crippen LogP contribution in [0, 0.1) is 0 Å². The van der Waals surface area contributed by atoms with Crippen LogP contribution in [0.1, 0.15) is 12.5 Å². The van der Waals surface area contributed by atoms with Crippen molar-refractivity contribution in [2.75, 3.05) is 6.54 Å². The van der Waals surface area contributed by atoms with E-state index in [2.05, 4.69) is 102 Å². The van der Waals surface area contributed by atoms with Gasteiger partial charge in [-0.25, -0.2) is 0 Å². The Morgan fingerprint density at radius 3 is 1.50 bits per heavy atom. The summed E-state index contributed by atoms with van der Waals surface area (Å²) in [5.41, 5.74) is 1.36. The molecule has 0 heterocycles. The number of nitrogens with zero attached hydrogens (tertiary/aromatic N) is 1. The molecule has 0 aliphatic heterocycles. The highest BCUT2D eigenvalue weighted by atomic mass is 127. The molecule has 0 spiro atoms. The van der Waals surface area contributed by atoms with Crippen LogP contribution in [0.15, 0.2) is 101 Å². The smallest absolute Gasteiger partial charge is 0.182 e. The Bertz CT molecular complexity index is 664. The van der Waals surface area contributed by atoms with E-state index >= 15 is 0 Å². The van der Waals surface area contributed by atoms with Crippen LogP contribution in [0.3, 0.4) is 0 Å². The minimum Gasteiger partial charge on any atom is -1.00 e. The number of benzene rings is 3. The van der Waals surface area contributed by atoms with Gasteiger partial charge in [0.25, 0.3) is 0 Å². The van der Waals surface area contributed by atoms with Crippen LogP contribution in [0.2, 0.25) is 0 Å². The van der Waals surface area contributed by atoms with Crippen LogP contribution in [-0.4, -0.2) is 10.8 Å². The van der Waals surface area contributed by atoms with Gasteiger partial charge in [0.1, 0.15) is 0 Å². The molecule has 0 saturated carbocycles. The van der Waals surface area contributed by atoms with Gasteiger partial charge < -0.3 is 24.0 Å². The maximum atomic E-state index is 2.56. The highest BCUT2D eigenvalue weighted by Crippen LogP contribution is 2.28. The topological polar surface area (TPSA) is 3.24 Å². The van der Waals surface area contributed by atoms with Crippen molar-refractivity contribution < 1.29 is 24.0 Å². The molecule has 0 unspecified atom stereocenters. The predicted molar refractivity (Wildman–Crippen MR) is 99.3 cm³/mol. The van der Waals surface area contributed by atoms with Gasteiger partial charge in [-0.2, -0.15) is 0 Å². The van der Waals surface area contributed by atoms with Gasteiger partial charge in [-0.15, -0.1) is 4.31 Å². The summed E-state index contributed by atoms with van der Waals surface area (Å²) in [6, 6.07) is 32.4. The second kappa shape index (κ2) is 9.87. The van der Waals surface area contributed by atoms with Gasteiger partial charge in [0, 0.05) is 6.54 Å². The average molecular weight is 447 g/mol. The zero-order valence-corrected chi connectivity index (χ0v) is 16.8. The third-order valence-corrected chi connectivity index (χ3v) is 6.09. The molecule has 0 bridgehead atoms. The molecule has 0 atom stereocenters. The summed E-state index contributed by atoms with van der Waals surface area (Å²) in [5, 5.41) is 0. The van der Waals surface area contributed by atoms with Crippen LogP contribution < -0.4 is 24.0 Å². The number of hydrogen-bond donors (Lipinski definition) is 0. The predicted octanol–water partition coefficient (Wildman–Crippen LogP) is 2.16. The molecule has 0 fully saturated rings. The van der Waals surface area contributed by atoms with Crippen molar-refractivity contribution in [1.82, 2.24) is 4.31 Å². The van der Waals surface area contributed by atoms with E-state index in [1.54, 1.807) is 0 Å². The minimum atomic E-state index is -0.0562. The number of rotatable bonds is 6. The van der Waals surface area contributed by atoms with Crippen LogP contribution in [-0.2, 0) is 17.6 Å². The Morgan fingerprint density at radius 1 is 0.667 bits per heavy atom. The molecule has 1 nitrogen and oxygen atoms in total. The Kier molecular flexibility index (Phi) is 7.82. The Labute approximate surface area is 165 Å². The van der Waals surface area contributed by atoms with E-state index in [4.69, 9.17) is 0 Å². The molecule has 24 heavy (non-hydrogen) atoms. The first-order chi connectivity index (χ1) is 11.4. The molecule has 3 aromatic carbocycles.